The van der Waals surface area contributed by atoms with Crippen molar-refractivity contribution in [3.63, 3.8) is 0 Å². The maximum absolute atomic E-state index is 11.1. The number of rotatable bonds is 3. The predicted molar refractivity (Wildman–Crippen MR) is 75.8 cm³/mol. The van der Waals surface area contributed by atoms with Gasteiger partial charge < -0.3 is 9.51 Å². The van der Waals surface area contributed by atoms with Crippen LogP contribution in [0.5, 0.6) is 0 Å². The molecule has 1 aliphatic heterocycles. The van der Waals surface area contributed by atoms with Crippen LogP contribution in [0.3, 0.4) is 0 Å². The van der Waals surface area contributed by atoms with E-state index in [1.54, 1.807) is 0 Å². The summed E-state index contributed by atoms with van der Waals surface area (Å²) in [4.78, 5) is 17.8. The molecule has 2 atom stereocenters. The highest BCUT2D eigenvalue weighted by molar-refractivity contribution is 6.30. The Hall–Kier alpha value is -1.59. The van der Waals surface area contributed by atoms with Gasteiger partial charge in [0.05, 0.1) is 16.6 Å². The van der Waals surface area contributed by atoms with Gasteiger partial charge in [-0.25, -0.2) is 4.98 Å². The van der Waals surface area contributed by atoms with E-state index in [0.29, 0.717) is 18.1 Å². The van der Waals surface area contributed by atoms with E-state index in [1.807, 2.05) is 35.9 Å². The van der Waals surface area contributed by atoms with Crippen molar-refractivity contribution >= 4 is 23.2 Å². The van der Waals surface area contributed by atoms with Crippen molar-refractivity contribution in [2.24, 2.45) is 11.8 Å². The van der Waals surface area contributed by atoms with Crippen LogP contribution in [0.2, 0.25) is 5.02 Å². The van der Waals surface area contributed by atoms with Gasteiger partial charge in [0.25, 0.3) is 0 Å². The first-order valence-corrected chi connectivity index (χ1v) is 6.99. The molecule has 1 aliphatic rings. The number of carboxylic acid groups (broad SMARTS) is 1. The standard InChI is InChI=1S/C14H16ClN3O2/c1-9-4-17(8-12(9)14(19)20)6-11-7-18-5-10(15)2-3-13(18)16-11/h2-3,5,7,9,12H,4,6,8H2,1H3,(H,19,20). The Labute approximate surface area is 121 Å². The van der Waals surface area contributed by atoms with Crippen molar-refractivity contribution in [1.29, 1.82) is 0 Å². The van der Waals surface area contributed by atoms with E-state index in [1.165, 1.54) is 0 Å². The van der Waals surface area contributed by atoms with Crippen molar-refractivity contribution in [2.45, 2.75) is 13.5 Å². The number of carbonyl (C=O) groups is 1. The van der Waals surface area contributed by atoms with Gasteiger partial charge in [-0.2, -0.15) is 0 Å². The first kappa shape index (κ1) is 13.4. The molecule has 106 valence electrons. The summed E-state index contributed by atoms with van der Waals surface area (Å²) in [6, 6.07) is 3.69. The van der Waals surface area contributed by atoms with Gasteiger partial charge in [-0.3, -0.25) is 9.69 Å². The number of hydrogen-bond donors (Lipinski definition) is 1. The van der Waals surface area contributed by atoms with E-state index < -0.39 is 5.97 Å². The summed E-state index contributed by atoms with van der Waals surface area (Å²) in [5.74, 6) is -0.803. The monoisotopic (exact) mass is 293 g/mol. The minimum atomic E-state index is -0.707. The summed E-state index contributed by atoms with van der Waals surface area (Å²) < 4.78 is 1.89. The molecular weight excluding hydrogens is 278 g/mol. The van der Waals surface area contributed by atoms with Crippen LogP contribution in [0.4, 0.5) is 0 Å². The molecule has 0 aromatic carbocycles. The zero-order valence-electron chi connectivity index (χ0n) is 11.2. The van der Waals surface area contributed by atoms with Crippen LogP contribution in [-0.2, 0) is 11.3 Å². The van der Waals surface area contributed by atoms with Crippen LogP contribution in [-0.4, -0.2) is 38.4 Å². The maximum atomic E-state index is 11.1. The number of nitrogens with zero attached hydrogens (tertiary/aromatic N) is 3. The molecule has 3 rings (SSSR count). The molecule has 0 spiro atoms. The molecule has 0 amide bonds. The van der Waals surface area contributed by atoms with Crippen molar-refractivity contribution in [2.75, 3.05) is 13.1 Å². The van der Waals surface area contributed by atoms with Gasteiger partial charge in [-0.05, 0) is 18.1 Å². The summed E-state index contributed by atoms with van der Waals surface area (Å²) in [5.41, 5.74) is 1.79. The molecule has 2 aromatic heterocycles. The minimum Gasteiger partial charge on any atom is -0.481 e. The Balaban J connectivity index is 1.75. The second-order valence-electron chi connectivity index (χ2n) is 5.46. The number of pyridine rings is 1. The lowest BCUT2D eigenvalue weighted by molar-refractivity contribution is -0.142. The zero-order valence-corrected chi connectivity index (χ0v) is 11.9. The molecule has 0 saturated carbocycles. The van der Waals surface area contributed by atoms with Crippen molar-refractivity contribution in [3.8, 4) is 0 Å². The van der Waals surface area contributed by atoms with Gasteiger partial charge in [0, 0.05) is 32.0 Å². The molecule has 1 saturated heterocycles. The molecular formula is C14H16ClN3O2. The van der Waals surface area contributed by atoms with Crippen LogP contribution >= 0.6 is 11.6 Å². The smallest absolute Gasteiger partial charge is 0.308 e. The third-order valence-electron chi connectivity index (χ3n) is 3.86. The summed E-state index contributed by atoms with van der Waals surface area (Å²) >= 11 is 5.95. The van der Waals surface area contributed by atoms with Crippen LogP contribution in [0.1, 0.15) is 12.6 Å². The van der Waals surface area contributed by atoms with Crippen molar-refractivity contribution in [1.82, 2.24) is 14.3 Å². The quantitative estimate of drug-likeness (QED) is 0.942. The van der Waals surface area contributed by atoms with E-state index in [2.05, 4.69) is 9.88 Å². The van der Waals surface area contributed by atoms with Gasteiger partial charge >= 0.3 is 5.97 Å². The van der Waals surface area contributed by atoms with E-state index >= 15 is 0 Å². The number of aliphatic carboxylic acids is 1. The van der Waals surface area contributed by atoms with Crippen LogP contribution in [0.15, 0.2) is 24.5 Å². The molecule has 2 aromatic rings. The highest BCUT2D eigenvalue weighted by Crippen LogP contribution is 2.24. The average Bonchev–Trinajstić information content (AvgIpc) is 2.92. The Kier molecular flexibility index (Phi) is 3.40. The molecule has 3 heterocycles. The lowest BCUT2D eigenvalue weighted by atomic mass is 9.99. The number of fused-ring (bicyclic) bond motifs is 1. The summed E-state index contributed by atoms with van der Waals surface area (Å²) in [6.07, 6.45) is 3.76. The maximum Gasteiger partial charge on any atom is 0.308 e. The summed E-state index contributed by atoms with van der Waals surface area (Å²) in [5, 5.41) is 9.82. The molecule has 6 heteroatoms. The van der Waals surface area contributed by atoms with Crippen LogP contribution in [0, 0.1) is 11.8 Å². The Bertz CT molecular complexity index is 655. The second kappa shape index (κ2) is 5.07. The largest absolute Gasteiger partial charge is 0.481 e. The fraction of sp³-hybridized carbons (Fsp3) is 0.429. The lowest BCUT2D eigenvalue weighted by Crippen LogP contribution is -2.23. The zero-order chi connectivity index (χ0) is 14.3. The Morgan fingerprint density at radius 3 is 2.95 bits per heavy atom. The molecule has 20 heavy (non-hydrogen) atoms. The van der Waals surface area contributed by atoms with Gasteiger partial charge in [0.2, 0.25) is 0 Å². The first-order chi connectivity index (χ1) is 9.52. The molecule has 5 nitrogen and oxygen atoms in total. The Morgan fingerprint density at radius 1 is 1.45 bits per heavy atom. The average molecular weight is 294 g/mol. The highest BCUT2D eigenvalue weighted by Gasteiger charge is 2.34. The summed E-state index contributed by atoms with van der Waals surface area (Å²) in [6.45, 7) is 4.05. The fourth-order valence-corrected chi connectivity index (χ4v) is 3.01. The highest BCUT2D eigenvalue weighted by atomic mass is 35.5. The van der Waals surface area contributed by atoms with Crippen LogP contribution in [0.25, 0.3) is 5.65 Å². The van der Waals surface area contributed by atoms with Gasteiger partial charge in [-0.1, -0.05) is 18.5 Å². The van der Waals surface area contributed by atoms with E-state index in [-0.39, 0.29) is 11.8 Å². The molecule has 0 radical (unpaired) electrons. The Morgan fingerprint density at radius 2 is 2.25 bits per heavy atom. The number of halogens is 1. The fourth-order valence-electron chi connectivity index (χ4n) is 2.84. The molecule has 1 fully saturated rings. The van der Waals surface area contributed by atoms with Gasteiger partial charge in [-0.15, -0.1) is 0 Å². The molecule has 0 aliphatic carbocycles. The second-order valence-corrected chi connectivity index (χ2v) is 5.90. The van der Waals surface area contributed by atoms with Crippen molar-refractivity contribution in [3.05, 3.63) is 35.2 Å². The molecule has 2 unspecified atom stereocenters. The number of carboxylic acids is 1. The number of imidazole rings is 1. The van der Waals surface area contributed by atoms with E-state index in [0.717, 1.165) is 17.9 Å². The van der Waals surface area contributed by atoms with Gasteiger partial charge in [0.1, 0.15) is 5.65 Å². The minimum absolute atomic E-state index is 0.180. The first-order valence-electron chi connectivity index (χ1n) is 6.61. The normalized spacial score (nSPS) is 23.5. The van der Waals surface area contributed by atoms with E-state index in [4.69, 9.17) is 16.7 Å². The molecule has 1 N–H and O–H groups in total. The summed E-state index contributed by atoms with van der Waals surface area (Å²) in [7, 11) is 0. The topological polar surface area (TPSA) is 57.8 Å². The number of hydrogen-bond acceptors (Lipinski definition) is 3. The van der Waals surface area contributed by atoms with Crippen molar-refractivity contribution < 1.29 is 9.90 Å². The predicted octanol–water partition coefficient (Wildman–Crippen LogP) is 2.14. The van der Waals surface area contributed by atoms with Crippen LogP contribution < -0.4 is 0 Å². The lowest BCUT2D eigenvalue weighted by Gasteiger charge is -2.12. The number of aromatic nitrogens is 2. The van der Waals surface area contributed by atoms with Gasteiger partial charge in [0.15, 0.2) is 0 Å². The third-order valence-corrected chi connectivity index (χ3v) is 4.08. The SMILES string of the molecule is CC1CN(Cc2cn3cc(Cl)ccc3n2)CC1C(=O)O. The molecule has 0 bridgehead atoms. The van der Waals surface area contributed by atoms with E-state index in [9.17, 15) is 4.79 Å². The third kappa shape index (κ3) is 2.51. The number of likely N-dealkylation sites (tertiary alicyclic amines) is 1.